The molecule has 1 unspecified atom stereocenters. The van der Waals surface area contributed by atoms with Crippen molar-refractivity contribution in [2.24, 2.45) is 0 Å². The van der Waals surface area contributed by atoms with Crippen molar-refractivity contribution < 1.29 is 4.52 Å². The highest BCUT2D eigenvalue weighted by atomic mass is 32.9. The molecule has 0 saturated carbocycles. The highest BCUT2D eigenvalue weighted by molar-refractivity contribution is 8.61. The Balaban J connectivity index is 3.73. The molecular weight excluding hydrogens is 171 g/mol. The minimum atomic E-state index is -1.70. The first kappa shape index (κ1) is 9.96. The second kappa shape index (κ2) is 3.97. The van der Waals surface area contributed by atoms with Crippen LogP contribution in [0.5, 0.6) is 0 Å². The largest absolute Gasteiger partial charge is 0.339 e. The molecule has 0 spiro atoms. The summed E-state index contributed by atoms with van der Waals surface area (Å²) in [7, 11) is 0. The average molecular weight is 184 g/mol. The average Bonchev–Trinajstić information content (AvgIpc) is 1.63. The van der Waals surface area contributed by atoms with Gasteiger partial charge < -0.3 is 4.52 Å². The zero-order valence-electron chi connectivity index (χ0n) is 6.00. The van der Waals surface area contributed by atoms with E-state index in [1.165, 1.54) is 0 Å². The van der Waals surface area contributed by atoms with Gasteiger partial charge in [0.25, 0.3) is 0 Å². The molecule has 0 aliphatic carbocycles. The Kier molecular flexibility index (Phi) is 4.39. The lowest BCUT2D eigenvalue weighted by Crippen LogP contribution is -1.97. The molecule has 0 bridgehead atoms. The zero-order valence-corrected chi connectivity index (χ0v) is 8.60. The number of hydrogen-bond donors (Lipinski definition) is 1. The Morgan fingerprint density at radius 1 is 1.67 bits per heavy atom. The molecule has 0 saturated heterocycles. The van der Waals surface area contributed by atoms with E-state index in [1.54, 1.807) is 0 Å². The van der Waals surface area contributed by atoms with Crippen molar-refractivity contribution in [3.63, 3.8) is 0 Å². The van der Waals surface area contributed by atoms with Crippen LogP contribution in [0.3, 0.4) is 0 Å². The summed E-state index contributed by atoms with van der Waals surface area (Å²) in [5.74, 6) is 0. The Hall–Kier alpha value is 0.960. The molecule has 0 fully saturated rings. The van der Waals surface area contributed by atoms with Crippen LogP contribution in [0.25, 0.3) is 0 Å². The Morgan fingerprint density at radius 2 is 2.11 bits per heavy atom. The van der Waals surface area contributed by atoms with Crippen LogP contribution in [0, 0.1) is 0 Å². The second-order valence-electron chi connectivity index (χ2n) is 2.11. The summed E-state index contributed by atoms with van der Waals surface area (Å²) in [6.45, 7) is 5.97. The first-order valence-electron chi connectivity index (χ1n) is 2.98. The number of hydrogen-bond acceptors (Lipinski definition) is 2. The molecule has 0 heterocycles. The molecule has 0 aromatic carbocycles. The fraction of sp³-hybridized carbons (Fsp3) is 1.00. The summed E-state index contributed by atoms with van der Waals surface area (Å²) in [4.78, 5) is 0. The van der Waals surface area contributed by atoms with E-state index < -0.39 is 5.47 Å². The van der Waals surface area contributed by atoms with E-state index in [9.17, 15) is 0 Å². The van der Waals surface area contributed by atoms with Crippen LogP contribution in [0.1, 0.15) is 20.8 Å². The monoisotopic (exact) mass is 184 g/mol. The first-order chi connectivity index (χ1) is 3.98. The Bertz CT molecular complexity index is 124. The van der Waals surface area contributed by atoms with Gasteiger partial charge >= 0.3 is 0 Å². The standard InChI is InChI=1S/C5H13OPS2/c1-4-7(8,9)6-5(2)3/h5H,4H2,1-3H3,(H,8,9). The summed E-state index contributed by atoms with van der Waals surface area (Å²) >= 11 is 9.30. The van der Waals surface area contributed by atoms with Crippen molar-refractivity contribution in [2.45, 2.75) is 26.9 Å². The zero-order chi connectivity index (χ0) is 7.49. The van der Waals surface area contributed by atoms with Crippen molar-refractivity contribution in [2.75, 3.05) is 6.16 Å². The van der Waals surface area contributed by atoms with Crippen LogP contribution < -0.4 is 0 Å². The van der Waals surface area contributed by atoms with Gasteiger partial charge in [-0.2, -0.15) is 0 Å². The summed E-state index contributed by atoms with van der Waals surface area (Å²) < 4.78 is 5.38. The molecule has 0 aromatic heterocycles. The highest BCUT2D eigenvalue weighted by Gasteiger charge is 2.09. The van der Waals surface area contributed by atoms with E-state index in [2.05, 4.69) is 12.2 Å². The van der Waals surface area contributed by atoms with Gasteiger partial charge in [-0.05, 0) is 13.8 Å². The predicted molar refractivity (Wildman–Crippen MR) is 50.0 cm³/mol. The maximum atomic E-state index is 5.38. The molecule has 0 aliphatic rings. The fourth-order valence-electron chi connectivity index (χ4n) is 0.404. The Labute approximate surface area is 67.4 Å². The lowest BCUT2D eigenvalue weighted by atomic mass is 10.5. The summed E-state index contributed by atoms with van der Waals surface area (Å²) in [5.41, 5.74) is -1.70. The van der Waals surface area contributed by atoms with E-state index in [-0.39, 0.29) is 6.10 Å². The van der Waals surface area contributed by atoms with Gasteiger partial charge in [-0.3, -0.25) is 0 Å². The minimum absolute atomic E-state index is 0.216. The number of rotatable bonds is 3. The molecule has 0 rings (SSSR count). The van der Waals surface area contributed by atoms with Crippen LogP contribution in [0.15, 0.2) is 0 Å². The molecule has 4 heteroatoms. The second-order valence-corrected chi connectivity index (χ2v) is 8.75. The van der Waals surface area contributed by atoms with Crippen LogP contribution in [-0.4, -0.2) is 12.3 Å². The number of thiol groups is 1. The first-order valence-corrected chi connectivity index (χ1v) is 7.04. The third kappa shape index (κ3) is 5.41. The van der Waals surface area contributed by atoms with Gasteiger partial charge in [-0.25, -0.2) is 0 Å². The lowest BCUT2D eigenvalue weighted by Gasteiger charge is -2.16. The van der Waals surface area contributed by atoms with Crippen molar-refractivity contribution >= 4 is 29.5 Å². The SMILES string of the molecule is CCP(=S)(S)OC(C)C. The van der Waals surface area contributed by atoms with Gasteiger partial charge in [-0.1, -0.05) is 18.7 Å². The molecule has 0 N–H and O–H groups in total. The van der Waals surface area contributed by atoms with Gasteiger partial charge in [-0.15, -0.1) is 12.2 Å². The van der Waals surface area contributed by atoms with E-state index in [0.717, 1.165) is 6.16 Å². The molecule has 0 aromatic rings. The summed E-state index contributed by atoms with van der Waals surface area (Å²) in [6.07, 6.45) is 1.08. The van der Waals surface area contributed by atoms with E-state index in [0.29, 0.717) is 0 Å². The Morgan fingerprint density at radius 3 is 2.22 bits per heavy atom. The third-order valence-electron chi connectivity index (χ3n) is 0.775. The molecule has 0 aliphatic heterocycles. The highest BCUT2D eigenvalue weighted by Crippen LogP contribution is 2.52. The molecule has 56 valence electrons. The molecule has 0 amide bonds. The van der Waals surface area contributed by atoms with Gasteiger partial charge in [0.2, 0.25) is 0 Å². The normalized spacial score (nSPS) is 17.9. The van der Waals surface area contributed by atoms with Crippen LogP contribution in [-0.2, 0) is 16.3 Å². The predicted octanol–water partition coefficient (Wildman–Crippen LogP) is 2.67. The third-order valence-corrected chi connectivity index (χ3v) is 4.49. The quantitative estimate of drug-likeness (QED) is 0.533. The fourth-order valence-corrected chi connectivity index (χ4v) is 2.29. The van der Waals surface area contributed by atoms with E-state index >= 15 is 0 Å². The maximum absolute atomic E-state index is 5.38. The minimum Gasteiger partial charge on any atom is -0.339 e. The smallest absolute Gasteiger partial charge is 0.116 e. The van der Waals surface area contributed by atoms with Crippen molar-refractivity contribution in [1.82, 2.24) is 0 Å². The molecule has 9 heavy (non-hydrogen) atoms. The summed E-state index contributed by atoms with van der Waals surface area (Å²) in [5, 5.41) is 0. The van der Waals surface area contributed by atoms with E-state index in [4.69, 9.17) is 16.3 Å². The van der Waals surface area contributed by atoms with Crippen molar-refractivity contribution in [1.29, 1.82) is 0 Å². The van der Waals surface area contributed by atoms with Crippen LogP contribution in [0.2, 0.25) is 0 Å². The maximum Gasteiger partial charge on any atom is 0.116 e. The lowest BCUT2D eigenvalue weighted by molar-refractivity contribution is 0.276. The molecule has 0 radical (unpaired) electrons. The molecular formula is C5H13OPS2. The topological polar surface area (TPSA) is 9.23 Å². The van der Waals surface area contributed by atoms with Crippen LogP contribution in [0.4, 0.5) is 0 Å². The van der Waals surface area contributed by atoms with Gasteiger partial charge in [0.1, 0.15) is 5.47 Å². The van der Waals surface area contributed by atoms with Gasteiger partial charge in [0, 0.05) is 6.16 Å². The molecule has 1 nitrogen and oxygen atoms in total. The van der Waals surface area contributed by atoms with Crippen LogP contribution >= 0.6 is 17.7 Å². The van der Waals surface area contributed by atoms with Gasteiger partial charge in [0.15, 0.2) is 0 Å². The molecule has 1 atom stereocenters. The van der Waals surface area contributed by atoms with Gasteiger partial charge in [0.05, 0.1) is 6.10 Å². The summed E-state index contributed by atoms with van der Waals surface area (Å²) in [6, 6.07) is 0. The van der Waals surface area contributed by atoms with Crippen molar-refractivity contribution in [3.8, 4) is 0 Å². The van der Waals surface area contributed by atoms with Crippen molar-refractivity contribution in [3.05, 3.63) is 0 Å². The van der Waals surface area contributed by atoms with E-state index in [1.807, 2.05) is 20.8 Å².